The SMILES string of the molecule is C=C(CCOCC(COc1c(Br)cc(C(C)(C)c2cc(Br)c(OCC(COCCC(=C)C(=O)O)OC(=O)CC(c3ccc(Cl)cc3)(c3ccc(Cl)cc3)c3ccc(Cl)cc3)c(Br)c2)cc1Br)OC(=O)CC(c1ccc(Cl)cc1)(c1ccc(Cl)cc1)c1ccc(Cl)cc1)C(=O)O. The average molecular weight is 1660 g/mol. The van der Waals surface area contributed by atoms with Crippen molar-refractivity contribution in [3.8, 4) is 11.5 Å². The first kappa shape index (κ1) is 75.1. The highest BCUT2D eigenvalue weighted by Gasteiger charge is 2.42. The zero-order valence-electron chi connectivity index (χ0n) is 51.1. The summed E-state index contributed by atoms with van der Waals surface area (Å²) in [5.74, 6) is -2.74. The van der Waals surface area contributed by atoms with Crippen molar-refractivity contribution in [1.82, 2.24) is 0 Å². The molecule has 22 heteroatoms. The number of carbonyl (C=O) groups excluding carboxylic acids is 2. The number of hydrogen-bond acceptors (Lipinski definition) is 10. The van der Waals surface area contributed by atoms with Crippen molar-refractivity contribution in [1.29, 1.82) is 0 Å². The molecule has 2 unspecified atom stereocenters. The summed E-state index contributed by atoms with van der Waals surface area (Å²) in [6, 6.07) is 51.0. The molecule has 0 spiro atoms. The monoisotopic (exact) mass is 1660 g/mol. The molecule has 2 N–H and O–H groups in total. The van der Waals surface area contributed by atoms with E-state index in [2.05, 4.69) is 76.9 Å². The Labute approximate surface area is 615 Å². The lowest BCUT2D eigenvalue weighted by Crippen LogP contribution is -2.36. The molecule has 496 valence electrons. The minimum Gasteiger partial charge on any atom is -0.487 e. The molecule has 0 aliphatic rings. The van der Waals surface area contributed by atoms with Gasteiger partial charge in [-0.15, -0.1) is 0 Å². The van der Waals surface area contributed by atoms with Gasteiger partial charge in [0.15, 0.2) is 12.2 Å². The molecule has 0 aromatic heterocycles. The largest absolute Gasteiger partial charge is 0.487 e. The zero-order valence-corrected chi connectivity index (χ0v) is 61.9. The van der Waals surface area contributed by atoms with E-state index in [1.54, 1.807) is 72.8 Å². The van der Waals surface area contributed by atoms with Crippen molar-refractivity contribution in [2.24, 2.45) is 0 Å². The van der Waals surface area contributed by atoms with Crippen LogP contribution in [0.4, 0.5) is 0 Å². The number of halogens is 10. The minimum atomic E-state index is -1.15. The van der Waals surface area contributed by atoms with E-state index < -0.39 is 52.3 Å². The van der Waals surface area contributed by atoms with E-state index >= 15 is 0 Å². The number of carboxylic acids is 2. The van der Waals surface area contributed by atoms with E-state index in [-0.39, 0.29) is 76.5 Å². The van der Waals surface area contributed by atoms with E-state index in [0.29, 0.717) is 59.5 Å². The summed E-state index contributed by atoms with van der Waals surface area (Å²) in [7, 11) is 0. The molecule has 0 amide bonds. The van der Waals surface area contributed by atoms with Gasteiger partial charge in [-0.05, 0) is 205 Å². The van der Waals surface area contributed by atoms with E-state index in [4.69, 9.17) is 98.0 Å². The maximum Gasteiger partial charge on any atom is 0.331 e. The van der Waals surface area contributed by atoms with E-state index in [1.165, 1.54) is 0 Å². The van der Waals surface area contributed by atoms with Gasteiger partial charge >= 0.3 is 23.9 Å². The fourth-order valence-electron chi connectivity index (χ4n) is 10.8. The van der Waals surface area contributed by atoms with Crippen LogP contribution in [-0.2, 0) is 54.4 Å². The second-order valence-corrected chi connectivity index (χ2v) is 28.7. The second kappa shape index (κ2) is 34.2. The molecule has 0 fully saturated rings. The van der Waals surface area contributed by atoms with Gasteiger partial charge in [-0.3, -0.25) is 9.59 Å². The average Bonchev–Trinajstić information content (AvgIpc) is 0.778. The molecular formula is C73H62Br4Cl6O12. The molecule has 8 aromatic rings. The molecule has 0 heterocycles. The number of esters is 2. The van der Waals surface area contributed by atoms with Crippen molar-refractivity contribution in [3.05, 3.63) is 287 Å². The summed E-state index contributed by atoms with van der Waals surface area (Å²) in [4.78, 5) is 52.6. The second-order valence-electron chi connectivity index (χ2n) is 22.7. The Kier molecular flexibility index (Phi) is 27.0. The number of carboxylic acid groups (broad SMARTS) is 2. The van der Waals surface area contributed by atoms with Crippen LogP contribution in [0, 0.1) is 0 Å². The molecule has 0 saturated heterocycles. The number of hydrogen-bond donors (Lipinski definition) is 2. The summed E-state index contributed by atoms with van der Waals surface area (Å²) < 4.78 is 39.8. The third kappa shape index (κ3) is 19.4. The van der Waals surface area contributed by atoms with Gasteiger partial charge in [0, 0.05) is 59.5 Å². The number of ether oxygens (including phenoxy) is 6. The Morgan fingerprint density at radius 1 is 0.400 bits per heavy atom. The summed E-state index contributed by atoms with van der Waals surface area (Å²) in [6.45, 7) is 10.6. The Bertz CT molecular complexity index is 3520. The van der Waals surface area contributed by atoms with Gasteiger partial charge < -0.3 is 38.6 Å². The molecule has 12 nitrogen and oxygen atoms in total. The van der Waals surface area contributed by atoms with Gasteiger partial charge in [-0.25, -0.2) is 9.59 Å². The lowest BCUT2D eigenvalue weighted by atomic mass is 9.67. The highest BCUT2D eigenvalue weighted by molar-refractivity contribution is 9.11. The summed E-state index contributed by atoms with van der Waals surface area (Å²) in [6.07, 6.45) is -2.38. The topological polar surface area (TPSA) is 164 Å². The molecule has 8 aromatic carbocycles. The first-order valence-electron chi connectivity index (χ1n) is 29.4. The van der Waals surface area contributed by atoms with E-state index in [9.17, 15) is 29.4 Å². The molecule has 0 aliphatic heterocycles. The van der Waals surface area contributed by atoms with Gasteiger partial charge in [-0.2, -0.15) is 0 Å². The fourth-order valence-corrected chi connectivity index (χ4v) is 14.4. The van der Waals surface area contributed by atoms with Gasteiger partial charge in [0.05, 0.1) is 68.0 Å². The Morgan fingerprint density at radius 3 is 0.853 bits per heavy atom. The predicted molar refractivity (Wildman–Crippen MR) is 389 cm³/mol. The third-order valence-electron chi connectivity index (χ3n) is 16.0. The van der Waals surface area contributed by atoms with Crippen molar-refractivity contribution < 1.29 is 57.8 Å². The number of benzene rings is 8. The van der Waals surface area contributed by atoms with E-state index in [0.717, 1.165) is 44.5 Å². The highest BCUT2D eigenvalue weighted by atomic mass is 79.9. The molecule has 2 atom stereocenters. The van der Waals surface area contributed by atoms with Crippen LogP contribution in [0.25, 0.3) is 0 Å². The van der Waals surface area contributed by atoms with Crippen LogP contribution in [0.5, 0.6) is 11.5 Å². The summed E-state index contributed by atoms with van der Waals surface area (Å²) in [5.41, 5.74) is 3.08. The first-order chi connectivity index (χ1) is 45.2. The maximum atomic E-state index is 14.7. The molecule has 0 bridgehead atoms. The van der Waals surface area contributed by atoms with Crippen LogP contribution >= 0.6 is 133 Å². The standard InChI is InChI=1S/C73H62Br4Cl6O12/c1-43(69(86)87)29-31-90-39-59(94-65(84)37-72(45-5-17-53(78)18-6-45,46-7-19-54(79)20-8-46)47-9-21-55(80)22-10-47)41-92-67-61(74)33-51(34-62(67)75)71(3,4)52-35-63(76)68(64(77)36-52)93-42-60(40-91-32-30-44(2)70(88)89)95-66(85)38-73(48-11-23-56(81)24-12-48,49-13-25-57(82)26-14-49)50-15-27-58(83)28-16-50/h5-28,33-36,59-60H,1-2,29-32,37-42H2,3-4H3,(H,86,87)(H,88,89). The van der Waals surface area contributed by atoms with E-state index in [1.807, 2.05) is 111 Å². The number of aliphatic carboxylic acids is 2. The van der Waals surface area contributed by atoms with Crippen LogP contribution in [0.1, 0.15) is 84.0 Å². The Balaban J connectivity index is 1.02. The minimum absolute atomic E-state index is 0.0224. The lowest BCUT2D eigenvalue weighted by molar-refractivity contribution is -0.156. The van der Waals surface area contributed by atoms with Gasteiger partial charge in [0.2, 0.25) is 0 Å². The molecule has 0 radical (unpaired) electrons. The normalized spacial score (nSPS) is 12.3. The molecular weight excluding hydrogens is 1600 g/mol. The van der Waals surface area contributed by atoms with Crippen LogP contribution in [0.2, 0.25) is 30.1 Å². The molecule has 0 saturated carbocycles. The van der Waals surface area contributed by atoms with Crippen LogP contribution in [0.15, 0.2) is 212 Å². The smallest absolute Gasteiger partial charge is 0.331 e. The fraction of sp³-hybridized carbons (Fsp3) is 0.233. The van der Waals surface area contributed by atoms with Crippen molar-refractivity contribution >= 4 is 157 Å². The Hall–Kier alpha value is -5.70. The van der Waals surface area contributed by atoms with Crippen LogP contribution < -0.4 is 9.47 Å². The maximum absolute atomic E-state index is 14.7. The van der Waals surface area contributed by atoms with Gasteiger partial charge in [-0.1, -0.05) is 169 Å². The number of rotatable bonds is 32. The molecule has 8 rings (SSSR count). The van der Waals surface area contributed by atoms with Crippen molar-refractivity contribution in [2.45, 2.75) is 68.0 Å². The molecule has 0 aliphatic carbocycles. The summed E-state index contributed by atoms with van der Waals surface area (Å²) >= 11 is 53.6. The predicted octanol–water partition coefficient (Wildman–Crippen LogP) is 20.5. The van der Waals surface area contributed by atoms with Gasteiger partial charge in [0.1, 0.15) is 24.7 Å². The number of carbonyl (C=O) groups is 4. The van der Waals surface area contributed by atoms with Crippen LogP contribution in [0.3, 0.4) is 0 Å². The lowest BCUT2D eigenvalue weighted by Gasteiger charge is -2.36. The third-order valence-corrected chi connectivity index (χ3v) is 19.9. The van der Waals surface area contributed by atoms with Gasteiger partial charge in [0.25, 0.3) is 0 Å². The van der Waals surface area contributed by atoms with Crippen LogP contribution in [-0.4, -0.2) is 85.9 Å². The quantitative estimate of drug-likeness (QED) is 0.0178. The Morgan fingerprint density at radius 2 is 0.632 bits per heavy atom. The molecule has 95 heavy (non-hydrogen) atoms. The van der Waals surface area contributed by atoms with Crippen molar-refractivity contribution in [2.75, 3.05) is 39.6 Å². The zero-order chi connectivity index (χ0) is 68.8. The summed E-state index contributed by atoms with van der Waals surface area (Å²) in [5, 5.41) is 22.0. The van der Waals surface area contributed by atoms with Crippen molar-refractivity contribution in [3.63, 3.8) is 0 Å². The highest BCUT2D eigenvalue weighted by Crippen LogP contribution is 2.48. The first-order valence-corrected chi connectivity index (χ1v) is 34.8.